The number of ether oxygens (including phenoxy) is 1. The van der Waals surface area contributed by atoms with Crippen LogP contribution in [0.2, 0.25) is 0 Å². The van der Waals surface area contributed by atoms with Crippen LogP contribution in [0.15, 0.2) is 53.5 Å². The molecule has 1 aliphatic rings. The van der Waals surface area contributed by atoms with Crippen molar-refractivity contribution in [1.29, 1.82) is 0 Å². The van der Waals surface area contributed by atoms with E-state index >= 15 is 0 Å². The van der Waals surface area contributed by atoms with Crippen LogP contribution < -0.4 is 5.69 Å². The van der Waals surface area contributed by atoms with Gasteiger partial charge in [-0.2, -0.15) is 0 Å². The Morgan fingerprint density at radius 2 is 2.03 bits per heavy atom. The normalized spacial score (nSPS) is 17.0. The average Bonchev–Trinajstić information content (AvgIpc) is 3.04. The fourth-order valence-electron chi connectivity index (χ4n) is 4.11. The molecule has 0 bridgehead atoms. The lowest BCUT2D eigenvalue weighted by Crippen LogP contribution is -2.43. The number of nitrogens with zero attached hydrogens (tertiary/aromatic N) is 4. The second kappa shape index (κ2) is 8.61. The molecule has 3 aromatic rings. The Balaban J connectivity index is 1.60. The molecule has 1 atom stereocenters. The maximum atomic E-state index is 13.2. The Kier molecular flexibility index (Phi) is 5.76. The number of imidazole rings is 1. The molecule has 1 saturated heterocycles. The SMILES string of the molecule is COCCn1c(=O)n([C@H]2CCCN(C(=O)Cc3ccccc3)C2)c2ncccc21. The summed E-state index contributed by atoms with van der Waals surface area (Å²) in [7, 11) is 1.62. The highest BCUT2D eigenvalue weighted by Gasteiger charge is 2.28. The fraction of sp³-hybridized carbons (Fsp3) is 0.409. The van der Waals surface area contributed by atoms with Crippen molar-refractivity contribution >= 4 is 17.1 Å². The highest BCUT2D eigenvalue weighted by atomic mass is 16.5. The molecule has 1 aromatic carbocycles. The van der Waals surface area contributed by atoms with Gasteiger partial charge in [-0.3, -0.25) is 13.9 Å². The number of rotatable bonds is 6. The summed E-state index contributed by atoms with van der Waals surface area (Å²) in [6.45, 7) is 2.20. The van der Waals surface area contributed by atoms with E-state index < -0.39 is 0 Å². The summed E-state index contributed by atoms with van der Waals surface area (Å²) in [6.07, 6.45) is 3.82. The minimum Gasteiger partial charge on any atom is -0.383 e. The zero-order valence-corrected chi connectivity index (χ0v) is 16.7. The molecule has 0 saturated carbocycles. The van der Waals surface area contributed by atoms with Gasteiger partial charge in [-0.1, -0.05) is 30.3 Å². The number of carbonyl (C=O) groups is 1. The largest absolute Gasteiger partial charge is 0.383 e. The van der Waals surface area contributed by atoms with Crippen molar-refractivity contribution < 1.29 is 9.53 Å². The van der Waals surface area contributed by atoms with Crippen LogP contribution in [0, 0.1) is 0 Å². The number of hydrogen-bond acceptors (Lipinski definition) is 4. The second-order valence-electron chi connectivity index (χ2n) is 7.44. The van der Waals surface area contributed by atoms with Crippen LogP contribution in [0.5, 0.6) is 0 Å². The van der Waals surface area contributed by atoms with Crippen molar-refractivity contribution in [3.8, 4) is 0 Å². The van der Waals surface area contributed by atoms with Crippen LogP contribution >= 0.6 is 0 Å². The van der Waals surface area contributed by atoms with Gasteiger partial charge in [0.15, 0.2) is 5.65 Å². The van der Waals surface area contributed by atoms with Gasteiger partial charge >= 0.3 is 5.69 Å². The van der Waals surface area contributed by atoms with E-state index in [0.717, 1.165) is 30.5 Å². The Morgan fingerprint density at radius 1 is 1.21 bits per heavy atom. The lowest BCUT2D eigenvalue weighted by atomic mass is 10.0. The molecule has 0 spiro atoms. The maximum absolute atomic E-state index is 13.2. The number of pyridine rings is 1. The number of amides is 1. The molecular formula is C22H26N4O3. The fourth-order valence-corrected chi connectivity index (χ4v) is 4.11. The van der Waals surface area contributed by atoms with Crippen molar-refractivity contribution in [2.45, 2.75) is 31.8 Å². The van der Waals surface area contributed by atoms with E-state index in [4.69, 9.17) is 4.74 Å². The van der Waals surface area contributed by atoms with Crippen LogP contribution in [0.3, 0.4) is 0 Å². The molecule has 1 fully saturated rings. The predicted octanol–water partition coefficient (Wildman–Crippen LogP) is 2.25. The quantitative estimate of drug-likeness (QED) is 0.643. The van der Waals surface area contributed by atoms with Gasteiger partial charge in [0.1, 0.15) is 0 Å². The average molecular weight is 394 g/mol. The van der Waals surface area contributed by atoms with Crippen molar-refractivity contribution in [2.75, 3.05) is 26.8 Å². The van der Waals surface area contributed by atoms with E-state index in [1.165, 1.54) is 0 Å². The predicted molar refractivity (Wildman–Crippen MR) is 111 cm³/mol. The second-order valence-corrected chi connectivity index (χ2v) is 7.44. The molecule has 7 heteroatoms. The van der Waals surface area contributed by atoms with Crippen molar-refractivity contribution in [1.82, 2.24) is 19.0 Å². The lowest BCUT2D eigenvalue weighted by Gasteiger charge is -2.33. The number of piperidine rings is 1. The van der Waals surface area contributed by atoms with Gasteiger partial charge in [0.2, 0.25) is 5.91 Å². The third-order valence-electron chi connectivity index (χ3n) is 5.55. The lowest BCUT2D eigenvalue weighted by molar-refractivity contribution is -0.132. The topological polar surface area (TPSA) is 69.4 Å². The highest BCUT2D eigenvalue weighted by molar-refractivity contribution is 5.79. The molecule has 1 aliphatic heterocycles. The number of benzene rings is 1. The maximum Gasteiger partial charge on any atom is 0.330 e. The first-order valence-corrected chi connectivity index (χ1v) is 10.1. The van der Waals surface area contributed by atoms with Crippen LogP contribution in [0.4, 0.5) is 0 Å². The summed E-state index contributed by atoms with van der Waals surface area (Å²) in [4.78, 5) is 32.4. The minimum atomic E-state index is -0.0851. The summed E-state index contributed by atoms with van der Waals surface area (Å²) in [5.74, 6) is 0.102. The van der Waals surface area contributed by atoms with Gasteiger partial charge in [0, 0.05) is 26.4 Å². The number of hydrogen-bond donors (Lipinski definition) is 0. The Labute approximate surface area is 169 Å². The summed E-state index contributed by atoms with van der Waals surface area (Å²) in [5, 5.41) is 0. The van der Waals surface area contributed by atoms with Crippen LogP contribution in [-0.2, 0) is 22.5 Å². The number of aromatic nitrogens is 3. The van der Waals surface area contributed by atoms with E-state index in [1.54, 1.807) is 22.4 Å². The third-order valence-corrected chi connectivity index (χ3v) is 5.55. The standard InChI is InChI=1S/C22H26N4O3/c1-29-14-13-25-19-10-5-11-23-21(19)26(22(25)28)18-9-6-12-24(16-18)20(27)15-17-7-3-2-4-8-17/h2-5,7-8,10-11,18H,6,9,12-16H2,1H3/t18-/m0/s1. The monoisotopic (exact) mass is 394 g/mol. The molecule has 0 N–H and O–H groups in total. The van der Waals surface area contributed by atoms with E-state index in [9.17, 15) is 9.59 Å². The van der Waals surface area contributed by atoms with Gasteiger partial charge in [-0.25, -0.2) is 9.78 Å². The zero-order chi connectivity index (χ0) is 20.2. The van der Waals surface area contributed by atoms with Crippen molar-refractivity contribution in [2.24, 2.45) is 0 Å². The Morgan fingerprint density at radius 3 is 2.83 bits per heavy atom. The summed E-state index contributed by atoms with van der Waals surface area (Å²) < 4.78 is 8.66. The Bertz CT molecular complexity index is 1040. The molecular weight excluding hydrogens is 368 g/mol. The molecule has 3 heterocycles. The molecule has 7 nitrogen and oxygen atoms in total. The van der Waals surface area contributed by atoms with Crippen LogP contribution in [0.1, 0.15) is 24.4 Å². The van der Waals surface area contributed by atoms with Crippen molar-refractivity contribution in [3.63, 3.8) is 0 Å². The molecule has 0 radical (unpaired) electrons. The molecule has 2 aromatic heterocycles. The minimum absolute atomic E-state index is 0.0721. The van der Waals surface area contributed by atoms with E-state index in [1.807, 2.05) is 47.4 Å². The van der Waals surface area contributed by atoms with Crippen LogP contribution in [-0.4, -0.2) is 51.7 Å². The van der Waals surface area contributed by atoms with E-state index in [2.05, 4.69) is 4.98 Å². The summed E-state index contributed by atoms with van der Waals surface area (Å²) >= 11 is 0. The molecule has 152 valence electrons. The van der Waals surface area contributed by atoms with Gasteiger partial charge < -0.3 is 9.64 Å². The number of carbonyl (C=O) groups excluding carboxylic acids is 1. The smallest absolute Gasteiger partial charge is 0.330 e. The van der Waals surface area contributed by atoms with Gasteiger partial charge in [0.05, 0.1) is 31.1 Å². The molecule has 1 amide bonds. The van der Waals surface area contributed by atoms with Crippen molar-refractivity contribution in [3.05, 3.63) is 64.7 Å². The highest BCUT2D eigenvalue weighted by Crippen LogP contribution is 2.24. The number of likely N-dealkylation sites (tertiary alicyclic amines) is 1. The van der Waals surface area contributed by atoms with E-state index in [0.29, 0.717) is 31.8 Å². The third kappa shape index (κ3) is 3.96. The van der Waals surface area contributed by atoms with E-state index in [-0.39, 0.29) is 17.6 Å². The van der Waals surface area contributed by atoms with Gasteiger partial charge in [-0.05, 0) is 30.5 Å². The van der Waals surface area contributed by atoms with Gasteiger partial charge in [-0.15, -0.1) is 0 Å². The first kappa shape index (κ1) is 19.4. The zero-order valence-electron chi connectivity index (χ0n) is 16.7. The molecule has 0 unspecified atom stereocenters. The molecule has 29 heavy (non-hydrogen) atoms. The molecule has 0 aliphatic carbocycles. The molecule has 4 rings (SSSR count). The number of fused-ring (bicyclic) bond motifs is 1. The summed E-state index contributed by atoms with van der Waals surface area (Å²) in [6, 6.07) is 13.5. The first-order chi connectivity index (χ1) is 14.2. The Hall–Kier alpha value is -2.93. The number of methoxy groups -OCH3 is 1. The summed E-state index contributed by atoms with van der Waals surface area (Å²) in [5.41, 5.74) is 2.41. The van der Waals surface area contributed by atoms with Gasteiger partial charge in [0.25, 0.3) is 0 Å². The van der Waals surface area contributed by atoms with Crippen LogP contribution in [0.25, 0.3) is 11.2 Å². The first-order valence-electron chi connectivity index (χ1n) is 10.1.